The van der Waals surface area contributed by atoms with Crippen molar-refractivity contribution in [1.82, 2.24) is 20.3 Å². The molecule has 1 aromatic carbocycles. The van der Waals surface area contributed by atoms with Gasteiger partial charge in [0.1, 0.15) is 5.82 Å². The quantitative estimate of drug-likeness (QED) is 0.573. The van der Waals surface area contributed by atoms with Crippen LogP contribution in [0.25, 0.3) is 11.0 Å². The second-order valence-electron chi connectivity index (χ2n) is 8.45. The maximum absolute atomic E-state index is 12.7. The van der Waals surface area contributed by atoms with E-state index < -0.39 is 9.84 Å². The number of rotatable bonds is 4. The van der Waals surface area contributed by atoms with Crippen molar-refractivity contribution in [3.63, 3.8) is 0 Å². The summed E-state index contributed by atoms with van der Waals surface area (Å²) in [6.07, 6.45) is 12.5. The van der Waals surface area contributed by atoms with Gasteiger partial charge >= 0.3 is 6.03 Å². The zero-order valence-corrected chi connectivity index (χ0v) is 18.8. The molecule has 2 fully saturated rings. The van der Waals surface area contributed by atoms with Crippen molar-refractivity contribution in [1.29, 1.82) is 0 Å². The van der Waals surface area contributed by atoms with E-state index >= 15 is 0 Å². The summed E-state index contributed by atoms with van der Waals surface area (Å²) in [4.78, 5) is 28.2. The minimum absolute atomic E-state index is 0.176. The summed E-state index contributed by atoms with van der Waals surface area (Å²) in [6, 6.07) is 7.87. The van der Waals surface area contributed by atoms with Crippen LogP contribution in [0, 0.1) is 12.3 Å². The van der Waals surface area contributed by atoms with Gasteiger partial charge in [0.05, 0.1) is 15.8 Å². The first kappa shape index (κ1) is 21.2. The Labute approximate surface area is 191 Å². The Bertz CT molecular complexity index is 1410. The summed E-state index contributed by atoms with van der Waals surface area (Å²) in [5, 5.41) is 6.62. The fraction of sp³-hybridized carbons (Fsp3) is 0.304. The van der Waals surface area contributed by atoms with Crippen LogP contribution in [0.1, 0.15) is 31.2 Å². The van der Waals surface area contributed by atoms with Gasteiger partial charge in [0.2, 0.25) is 5.95 Å². The number of hydrogen-bond donors (Lipinski definition) is 2. The molecule has 10 heteroatoms. The average molecular weight is 463 g/mol. The van der Waals surface area contributed by atoms with Crippen LogP contribution in [0.15, 0.2) is 41.4 Å². The van der Waals surface area contributed by atoms with Crippen LogP contribution in [0.2, 0.25) is 0 Å². The van der Waals surface area contributed by atoms with Crippen LogP contribution < -0.4 is 15.5 Å². The second kappa shape index (κ2) is 7.71. The van der Waals surface area contributed by atoms with Crippen LogP contribution >= 0.6 is 0 Å². The van der Waals surface area contributed by atoms with Crippen LogP contribution in [0.4, 0.5) is 22.2 Å². The molecule has 2 N–H and O–H groups in total. The van der Waals surface area contributed by atoms with Crippen molar-refractivity contribution < 1.29 is 13.2 Å². The lowest BCUT2D eigenvalue weighted by molar-refractivity contribution is 0.250. The SMILES string of the molecule is C#Cc1cc(N2C(=O)NCC23CCCC3)nc2nc(Nc3ccc(S(C)(=O)=O)cc3)ncc12. The molecule has 2 aliphatic rings. The van der Waals surface area contributed by atoms with Gasteiger partial charge in [0.25, 0.3) is 0 Å². The largest absolute Gasteiger partial charge is 0.335 e. The summed E-state index contributed by atoms with van der Waals surface area (Å²) in [5.41, 5.74) is 1.28. The van der Waals surface area contributed by atoms with Gasteiger partial charge in [0.15, 0.2) is 15.5 Å². The number of fused-ring (bicyclic) bond motifs is 1. The molecule has 0 bridgehead atoms. The van der Waals surface area contributed by atoms with E-state index in [0.29, 0.717) is 34.6 Å². The van der Waals surface area contributed by atoms with Gasteiger partial charge in [-0.2, -0.15) is 4.98 Å². The van der Waals surface area contributed by atoms with Gasteiger partial charge in [-0.3, -0.25) is 4.90 Å². The van der Waals surface area contributed by atoms with E-state index in [9.17, 15) is 13.2 Å². The summed E-state index contributed by atoms with van der Waals surface area (Å²) in [7, 11) is -3.28. The number of terminal acetylenes is 1. The fourth-order valence-corrected chi connectivity index (χ4v) is 5.23. The van der Waals surface area contributed by atoms with Crippen molar-refractivity contribution in [2.24, 2.45) is 0 Å². The number of nitrogens with one attached hydrogen (secondary N) is 2. The number of hydrogen-bond acceptors (Lipinski definition) is 7. The van der Waals surface area contributed by atoms with Gasteiger partial charge in [-0.15, -0.1) is 6.42 Å². The highest BCUT2D eigenvalue weighted by Crippen LogP contribution is 2.40. The van der Waals surface area contributed by atoms with E-state index in [-0.39, 0.29) is 22.4 Å². The number of urea groups is 1. The Kier molecular flexibility index (Phi) is 4.94. The van der Waals surface area contributed by atoms with Crippen molar-refractivity contribution in [2.45, 2.75) is 36.1 Å². The molecule has 1 saturated heterocycles. The van der Waals surface area contributed by atoms with E-state index in [0.717, 1.165) is 31.9 Å². The van der Waals surface area contributed by atoms with E-state index in [1.54, 1.807) is 29.3 Å². The standard InChI is InChI=1S/C23H22N6O3S/c1-3-15-12-19(29-22(30)25-14-23(29)10-4-5-11-23)27-20-18(15)13-24-21(28-20)26-16-6-8-17(9-7-16)33(2,31)32/h1,6-9,12-13H,4-5,10-11,14H2,2H3,(H,25,30)(H,24,26,27,28). The maximum Gasteiger partial charge on any atom is 0.323 e. The molecule has 0 unspecified atom stereocenters. The minimum atomic E-state index is -3.28. The molecule has 168 valence electrons. The molecule has 0 atom stereocenters. The highest BCUT2D eigenvalue weighted by molar-refractivity contribution is 7.90. The summed E-state index contributed by atoms with van der Waals surface area (Å²) < 4.78 is 23.3. The van der Waals surface area contributed by atoms with Crippen LogP contribution in [-0.2, 0) is 9.84 Å². The Morgan fingerprint density at radius 1 is 1.18 bits per heavy atom. The third kappa shape index (κ3) is 3.74. The number of benzene rings is 1. The van der Waals surface area contributed by atoms with E-state index in [1.807, 2.05) is 0 Å². The molecule has 33 heavy (non-hydrogen) atoms. The van der Waals surface area contributed by atoms with E-state index in [1.165, 1.54) is 12.1 Å². The molecule has 5 rings (SSSR count). The van der Waals surface area contributed by atoms with Crippen molar-refractivity contribution in [3.8, 4) is 12.3 Å². The number of nitrogens with zero attached hydrogens (tertiary/aromatic N) is 4. The molecule has 0 radical (unpaired) electrons. The Morgan fingerprint density at radius 3 is 2.58 bits per heavy atom. The van der Waals surface area contributed by atoms with Gasteiger partial charge < -0.3 is 10.6 Å². The molecular weight excluding hydrogens is 440 g/mol. The number of sulfone groups is 1. The highest BCUT2D eigenvalue weighted by Gasteiger charge is 2.48. The van der Waals surface area contributed by atoms with Crippen molar-refractivity contribution >= 4 is 44.4 Å². The zero-order valence-electron chi connectivity index (χ0n) is 18.0. The lowest BCUT2D eigenvalue weighted by Crippen LogP contribution is -2.45. The number of anilines is 3. The molecule has 1 spiro atoms. The first-order chi connectivity index (χ1) is 15.8. The molecule has 2 aromatic heterocycles. The number of carbonyl (C=O) groups excluding carboxylic acids is 1. The summed E-state index contributed by atoms with van der Waals surface area (Å²) in [5.74, 6) is 3.42. The summed E-state index contributed by atoms with van der Waals surface area (Å²) in [6.45, 7) is 0.594. The number of pyridine rings is 1. The second-order valence-corrected chi connectivity index (χ2v) is 10.5. The molecule has 3 heterocycles. The lowest BCUT2D eigenvalue weighted by atomic mass is 9.97. The van der Waals surface area contributed by atoms with Crippen LogP contribution in [0.3, 0.4) is 0 Å². The molecule has 3 aromatic rings. The fourth-order valence-electron chi connectivity index (χ4n) is 4.60. The predicted octanol–water partition coefficient (Wildman–Crippen LogP) is 3.00. The highest BCUT2D eigenvalue weighted by atomic mass is 32.2. The molecule has 1 aliphatic heterocycles. The van der Waals surface area contributed by atoms with Gasteiger partial charge in [-0.05, 0) is 43.2 Å². The molecule has 1 aliphatic carbocycles. The molecule has 2 amide bonds. The van der Waals surface area contributed by atoms with Crippen molar-refractivity contribution in [2.75, 3.05) is 23.0 Å². The first-order valence-electron chi connectivity index (χ1n) is 10.6. The Hall–Kier alpha value is -3.71. The number of amides is 2. The lowest BCUT2D eigenvalue weighted by Gasteiger charge is -2.32. The molecule has 9 nitrogen and oxygen atoms in total. The number of aromatic nitrogens is 3. The van der Waals surface area contributed by atoms with E-state index in [4.69, 9.17) is 6.42 Å². The van der Waals surface area contributed by atoms with E-state index in [2.05, 4.69) is 31.5 Å². The van der Waals surface area contributed by atoms with Crippen LogP contribution in [-0.4, -0.2) is 47.7 Å². The monoisotopic (exact) mass is 462 g/mol. The molecular formula is C23H22N6O3S. The molecule has 1 saturated carbocycles. The van der Waals surface area contributed by atoms with Gasteiger partial charge in [-0.1, -0.05) is 18.8 Å². The van der Waals surface area contributed by atoms with Gasteiger partial charge in [0, 0.05) is 30.2 Å². The number of carbonyl (C=O) groups is 1. The normalized spacial score (nSPS) is 17.3. The minimum Gasteiger partial charge on any atom is -0.335 e. The third-order valence-electron chi connectivity index (χ3n) is 6.26. The third-order valence-corrected chi connectivity index (χ3v) is 7.38. The Morgan fingerprint density at radius 2 is 1.91 bits per heavy atom. The zero-order chi connectivity index (χ0) is 23.2. The van der Waals surface area contributed by atoms with Crippen LogP contribution in [0.5, 0.6) is 0 Å². The topological polar surface area (TPSA) is 117 Å². The average Bonchev–Trinajstić information content (AvgIpc) is 3.39. The Balaban J connectivity index is 1.52. The first-order valence-corrected chi connectivity index (χ1v) is 12.5. The van der Waals surface area contributed by atoms with Gasteiger partial charge in [-0.25, -0.2) is 23.2 Å². The smallest absolute Gasteiger partial charge is 0.323 e. The maximum atomic E-state index is 12.7. The van der Waals surface area contributed by atoms with Crippen molar-refractivity contribution in [3.05, 3.63) is 42.1 Å². The summed E-state index contributed by atoms with van der Waals surface area (Å²) >= 11 is 0. The predicted molar refractivity (Wildman–Crippen MR) is 125 cm³/mol.